The molecule has 1 aliphatic carbocycles. The summed E-state index contributed by atoms with van der Waals surface area (Å²) in [6.07, 6.45) is 2.19. The second kappa shape index (κ2) is 7.92. The standard InChI is InChI=1S/C16H29Cl3N2O/c1-6-11-9-12(15(11,4)5)10-13(22)20-14(16(17,18)19)21(7-2)8-3/h11-12,14H,6-10H2,1-5H3,(H,20,22). The normalized spacial score (nSPS) is 25.7. The SMILES string of the molecule is CCC1CC(CC(=O)NC(N(CC)CC)C(Cl)(Cl)Cl)C1(C)C. The molecule has 1 rings (SSSR count). The number of nitrogens with one attached hydrogen (secondary N) is 1. The van der Waals surface area contributed by atoms with Crippen LogP contribution in [0.25, 0.3) is 0 Å². The molecule has 0 aromatic carbocycles. The zero-order valence-electron chi connectivity index (χ0n) is 14.3. The predicted molar refractivity (Wildman–Crippen MR) is 95.4 cm³/mol. The van der Waals surface area contributed by atoms with Crippen molar-refractivity contribution in [3.8, 4) is 0 Å². The van der Waals surface area contributed by atoms with Crippen molar-refractivity contribution in [3.05, 3.63) is 0 Å². The fourth-order valence-corrected chi connectivity index (χ4v) is 4.14. The Morgan fingerprint density at radius 1 is 1.23 bits per heavy atom. The van der Waals surface area contributed by atoms with E-state index in [4.69, 9.17) is 34.8 Å². The molecule has 0 aromatic heterocycles. The Bertz CT molecular complexity index is 378. The number of carbonyl (C=O) groups excluding carboxylic acids is 1. The molecule has 0 bridgehead atoms. The van der Waals surface area contributed by atoms with E-state index in [1.54, 1.807) is 0 Å². The molecule has 1 fully saturated rings. The number of hydrogen-bond donors (Lipinski definition) is 1. The maximum Gasteiger partial charge on any atom is 0.223 e. The van der Waals surface area contributed by atoms with Crippen molar-refractivity contribution in [2.45, 2.75) is 63.8 Å². The first-order valence-corrected chi connectivity index (χ1v) is 9.31. The van der Waals surface area contributed by atoms with Crippen LogP contribution >= 0.6 is 34.8 Å². The Kier molecular flexibility index (Phi) is 7.32. The van der Waals surface area contributed by atoms with Gasteiger partial charge in [0.25, 0.3) is 0 Å². The van der Waals surface area contributed by atoms with Crippen molar-refractivity contribution >= 4 is 40.7 Å². The Morgan fingerprint density at radius 3 is 2.14 bits per heavy atom. The molecule has 0 aliphatic heterocycles. The summed E-state index contributed by atoms with van der Waals surface area (Å²) >= 11 is 18.2. The second-order valence-electron chi connectivity index (χ2n) is 6.80. The minimum atomic E-state index is -1.54. The molecular weight excluding hydrogens is 343 g/mol. The number of hydrogen-bond acceptors (Lipinski definition) is 2. The van der Waals surface area contributed by atoms with Crippen LogP contribution in [0.15, 0.2) is 0 Å². The van der Waals surface area contributed by atoms with Crippen molar-refractivity contribution < 1.29 is 4.79 Å². The van der Waals surface area contributed by atoms with Crippen LogP contribution in [0.3, 0.4) is 0 Å². The topological polar surface area (TPSA) is 32.3 Å². The summed E-state index contributed by atoms with van der Waals surface area (Å²) in [7, 11) is 0. The first-order chi connectivity index (χ1) is 10.1. The number of alkyl halides is 3. The minimum absolute atomic E-state index is 0.0316. The van der Waals surface area contributed by atoms with Crippen LogP contribution < -0.4 is 5.32 Å². The number of halogens is 3. The molecule has 6 heteroatoms. The van der Waals surface area contributed by atoms with Gasteiger partial charge >= 0.3 is 0 Å². The van der Waals surface area contributed by atoms with E-state index in [0.717, 1.165) is 6.42 Å². The van der Waals surface area contributed by atoms with Crippen molar-refractivity contribution in [1.29, 1.82) is 0 Å². The monoisotopic (exact) mass is 370 g/mol. The van der Waals surface area contributed by atoms with Gasteiger partial charge in [0.1, 0.15) is 6.17 Å². The van der Waals surface area contributed by atoms with Crippen molar-refractivity contribution in [2.24, 2.45) is 17.3 Å². The van der Waals surface area contributed by atoms with E-state index >= 15 is 0 Å². The third kappa shape index (κ3) is 4.66. The molecule has 3 unspecified atom stereocenters. The van der Waals surface area contributed by atoms with Gasteiger partial charge in [-0.25, -0.2) is 0 Å². The fraction of sp³-hybridized carbons (Fsp3) is 0.938. The molecule has 130 valence electrons. The third-order valence-corrected chi connectivity index (χ3v) is 6.00. The van der Waals surface area contributed by atoms with Gasteiger partial charge in [0.2, 0.25) is 9.70 Å². The molecule has 0 aromatic rings. The highest BCUT2D eigenvalue weighted by atomic mass is 35.6. The molecule has 3 atom stereocenters. The Hall–Kier alpha value is 0.300. The second-order valence-corrected chi connectivity index (χ2v) is 9.17. The van der Waals surface area contributed by atoms with E-state index in [0.29, 0.717) is 31.3 Å². The van der Waals surface area contributed by atoms with Gasteiger partial charge < -0.3 is 5.32 Å². The lowest BCUT2D eigenvalue weighted by Gasteiger charge is -2.52. The average molecular weight is 372 g/mol. The van der Waals surface area contributed by atoms with E-state index in [2.05, 4.69) is 26.1 Å². The van der Waals surface area contributed by atoms with E-state index in [9.17, 15) is 4.79 Å². The van der Waals surface area contributed by atoms with Crippen LogP contribution in [0.1, 0.15) is 53.9 Å². The molecule has 1 saturated carbocycles. The first kappa shape index (κ1) is 20.3. The largest absolute Gasteiger partial charge is 0.337 e. The van der Waals surface area contributed by atoms with E-state index in [-0.39, 0.29) is 11.3 Å². The van der Waals surface area contributed by atoms with E-state index in [1.165, 1.54) is 6.42 Å². The summed E-state index contributed by atoms with van der Waals surface area (Å²) in [6, 6.07) is 0. The van der Waals surface area contributed by atoms with E-state index in [1.807, 2.05) is 18.7 Å². The van der Waals surface area contributed by atoms with Crippen LogP contribution in [0, 0.1) is 17.3 Å². The molecule has 1 amide bonds. The predicted octanol–water partition coefficient (Wildman–Crippen LogP) is 4.60. The minimum Gasteiger partial charge on any atom is -0.337 e. The molecular formula is C16H29Cl3N2O. The third-order valence-electron chi connectivity index (χ3n) is 5.38. The summed E-state index contributed by atoms with van der Waals surface area (Å²) in [5.41, 5.74) is 0.219. The van der Waals surface area contributed by atoms with Gasteiger partial charge in [0.05, 0.1) is 0 Å². The van der Waals surface area contributed by atoms with E-state index < -0.39 is 9.96 Å². The molecule has 3 nitrogen and oxygen atoms in total. The van der Waals surface area contributed by atoms with Gasteiger partial charge in [0, 0.05) is 6.42 Å². The Balaban J connectivity index is 2.65. The molecule has 0 saturated heterocycles. The van der Waals surface area contributed by atoms with Crippen LogP contribution in [-0.4, -0.2) is 33.9 Å². The van der Waals surface area contributed by atoms with Gasteiger partial charge in [0.15, 0.2) is 0 Å². The van der Waals surface area contributed by atoms with Gasteiger partial charge in [-0.15, -0.1) is 0 Å². The quantitative estimate of drug-likeness (QED) is 0.524. The summed E-state index contributed by atoms with van der Waals surface area (Å²) in [5.74, 6) is 1.08. The van der Waals surface area contributed by atoms with Crippen LogP contribution in [0.5, 0.6) is 0 Å². The van der Waals surface area contributed by atoms with Gasteiger partial charge in [-0.3, -0.25) is 9.69 Å². The van der Waals surface area contributed by atoms with Crippen molar-refractivity contribution in [1.82, 2.24) is 10.2 Å². The van der Waals surface area contributed by atoms with Crippen molar-refractivity contribution in [2.75, 3.05) is 13.1 Å². The maximum atomic E-state index is 12.4. The smallest absolute Gasteiger partial charge is 0.223 e. The van der Waals surface area contributed by atoms with Crippen molar-refractivity contribution in [3.63, 3.8) is 0 Å². The molecule has 1 aliphatic rings. The molecule has 0 radical (unpaired) electrons. The average Bonchev–Trinajstić information content (AvgIpc) is 2.42. The van der Waals surface area contributed by atoms with Crippen LogP contribution in [-0.2, 0) is 4.79 Å². The number of carbonyl (C=O) groups is 1. The summed E-state index contributed by atoms with van der Waals surface area (Å²) in [4.78, 5) is 14.4. The number of rotatable bonds is 7. The molecule has 0 spiro atoms. The Labute approximate surface area is 150 Å². The molecule has 0 heterocycles. The zero-order valence-corrected chi connectivity index (χ0v) is 16.5. The first-order valence-electron chi connectivity index (χ1n) is 8.17. The Morgan fingerprint density at radius 2 is 1.77 bits per heavy atom. The highest BCUT2D eigenvalue weighted by Gasteiger charge is 2.47. The maximum absolute atomic E-state index is 12.4. The zero-order chi connectivity index (χ0) is 17.1. The molecule has 1 N–H and O–H groups in total. The summed E-state index contributed by atoms with van der Waals surface area (Å²) in [6.45, 7) is 12.1. The van der Waals surface area contributed by atoms with Crippen LogP contribution in [0.4, 0.5) is 0 Å². The summed E-state index contributed by atoms with van der Waals surface area (Å²) in [5, 5.41) is 2.92. The number of amides is 1. The lowest BCUT2D eigenvalue weighted by Crippen LogP contribution is -2.56. The lowest BCUT2D eigenvalue weighted by molar-refractivity contribution is -0.129. The lowest BCUT2D eigenvalue weighted by atomic mass is 9.53. The number of nitrogens with zero attached hydrogens (tertiary/aromatic N) is 1. The highest BCUT2D eigenvalue weighted by Crippen LogP contribution is 2.54. The van der Waals surface area contributed by atoms with Crippen LogP contribution in [0.2, 0.25) is 0 Å². The summed E-state index contributed by atoms with van der Waals surface area (Å²) < 4.78 is -1.54. The fourth-order valence-electron chi connectivity index (χ4n) is 3.57. The highest BCUT2D eigenvalue weighted by molar-refractivity contribution is 6.68. The molecule has 22 heavy (non-hydrogen) atoms. The van der Waals surface area contributed by atoms with Gasteiger partial charge in [-0.05, 0) is 36.8 Å². The van der Waals surface area contributed by atoms with Gasteiger partial charge in [-0.1, -0.05) is 75.8 Å². The van der Waals surface area contributed by atoms with Gasteiger partial charge in [-0.2, -0.15) is 0 Å².